The molecule has 0 spiro atoms. The summed E-state index contributed by atoms with van der Waals surface area (Å²) in [6.45, 7) is 0. The second kappa shape index (κ2) is 33.8. The second-order valence-electron chi connectivity index (χ2n) is 0. The quantitative estimate of drug-likeness (QED) is 0.573. The van der Waals surface area contributed by atoms with Crippen LogP contribution in [0.15, 0.2) is 0 Å². The molecule has 0 saturated carbocycles. The molecule has 3 nitrogen and oxygen atoms in total. The minimum atomic E-state index is 0. The summed E-state index contributed by atoms with van der Waals surface area (Å²) < 4.78 is 0. The van der Waals surface area contributed by atoms with Crippen molar-refractivity contribution < 1.29 is 89.2 Å². The van der Waals surface area contributed by atoms with E-state index in [2.05, 4.69) is 0 Å². The van der Waals surface area contributed by atoms with Gasteiger partial charge in [0.05, 0.1) is 0 Å². The Morgan fingerprint density at radius 3 is 0.600 bits per heavy atom. The molecule has 0 aromatic heterocycles. The molecule has 1 radical (unpaired) electrons. The number of rotatable bonds is 0. The minimum absolute atomic E-state index is 0. The van der Waals surface area contributed by atoms with E-state index in [1.807, 2.05) is 0 Å². The average molecular weight is 266 g/mol. The molecule has 0 aromatic rings. The van der Waals surface area contributed by atoms with Gasteiger partial charge in [-0.05, 0) is 0 Å². The molecule has 0 saturated heterocycles. The predicted molar refractivity (Wildman–Crippen MR) is 2.06 cm³/mol. The zero-order valence-corrected chi connectivity index (χ0v) is 5.59. The normalized spacial score (nSPS) is 0. The first-order valence-corrected chi connectivity index (χ1v) is 0. The van der Waals surface area contributed by atoms with Gasteiger partial charge in [-0.3, -0.25) is 0 Å². The summed E-state index contributed by atoms with van der Waals surface area (Å²) in [7, 11) is 0. The van der Waals surface area contributed by atoms with Crippen molar-refractivity contribution in [3.63, 3.8) is 0 Å². The van der Waals surface area contributed by atoms with Crippen LogP contribution in [0, 0.1) is 46.9 Å². The van der Waals surface area contributed by atoms with Crippen molar-refractivity contribution in [3.05, 3.63) is 0 Å². The van der Waals surface area contributed by atoms with Gasteiger partial charge in [0.2, 0.25) is 0 Å². The summed E-state index contributed by atoms with van der Waals surface area (Å²) in [6, 6.07) is 0. The van der Waals surface area contributed by atoms with Crippen LogP contribution in [-0.2, 0) is 42.3 Å². The van der Waals surface area contributed by atoms with Gasteiger partial charge < -0.3 is 16.4 Å². The minimum Gasteiger partial charge on any atom is -2.00 e. The second-order valence-corrected chi connectivity index (χ2v) is 0. The summed E-state index contributed by atoms with van der Waals surface area (Å²) in [4.78, 5) is 0. The van der Waals surface area contributed by atoms with Gasteiger partial charge in [-0.25, -0.2) is 0 Å². The maximum Gasteiger partial charge on any atom is 3.00 e. The molecule has 0 rings (SSSR count). The maximum atomic E-state index is 0. The van der Waals surface area contributed by atoms with E-state index in [9.17, 15) is 0 Å². The van der Waals surface area contributed by atoms with Crippen LogP contribution in [-0.4, -0.2) is 0 Å². The molecular formula is O3ScYb. The number of hydrogen-bond donors (Lipinski definition) is 0. The topological polar surface area (TPSA) is 85.5 Å². The van der Waals surface area contributed by atoms with Crippen LogP contribution >= 0.6 is 0 Å². The molecule has 0 amide bonds. The fourth-order valence-corrected chi connectivity index (χ4v) is 0. The molecule has 0 bridgehead atoms. The van der Waals surface area contributed by atoms with Crippen molar-refractivity contribution in [2.45, 2.75) is 0 Å². The molecule has 35 valence electrons. The molecule has 0 aliphatic heterocycles. The van der Waals surface area contributed by atoms with E-state index in [0.29, 0.717) is 0 Å². The van der Waals surface area contributed by atoms with Crippen LogP contribution in [0.3, 0.4) is 0 Å². The molecular weight excluding hydrogens is 266 g/mol. The van der Waals surface area contributed by atoms with Gasteiger partial charge in [0.1, 0.15) is 0 Å². The molecule has 0 aliphatic carbocycles. The van der Waals surface area contributed by atoms with Gasteiger partial charge in [0.15, 0.2) is 0 Å². The zero-order chi connectivity index (χ0) is 0. The summed E-state index contributed by atoms with van der Waals surface area (Å²) in [5, 5.41) is 0. The van der Waals surface area contributed by atoms with Crippen LogP contribution in [0.25, 0.3) is 0 Å². The van der Waals surface area contributed by atoms with E-state index < -0.39 is 0 Å². The first-order valence-electron chi connectivity index (χ1n) is 0. The standard InChI is InChI=1S/3O.Sc.Yb/q3*-2;2*+3. The smallest absolute Gasteiger partial charge is 2.00 e. The number of hydrogen-bond acceptors (Lipinski definition) is 0. The van der Waals surface area contributed by atoms with E-state index in [4.69, 9.17) is 0 Å². The third kappa shape index (κ3) is 22.2. The molecule has 0 unspecified atom stereocenters. The largest absolute Gasteiger partial charge is 3.00 e. The van der Waals surface area contributed by atoms with Crippen molar-refractivity contribution in [2.75, 3.05) is 0 Å². The van der Waals surface area contributed by atoms with Crippen LogP contribution in [0.4, 0.5) is 0 Å². The monoisotopic (exact) mass is 267 g/mol. The van der Waals surface area contributed by atoms with Crippen molar-refractivity contribution in [1.82, 2.24) is 0 Å². The fraction of sp³-hybridized carbons (Fsp3) is 0. The summed E-state index contributed by atoms with van der Waals surface area (Å²) >= 11 is 0. The van der Waals surface area contributed by atoms with Crippen molar-refractivity contribution in [3.8, 4) is 0 Å². The fourth-order valence-electron chi connectivity index (χ4n) is 0. The van der Waals surface area contributed by atoms with E-state index in [-0.39, 0.29) is 89.2 Å². The Bertz CT molecular complexity index is 6.85. The Kier molecular flexibility index (Phi) is 375. The molecule has 0 atom stereocenters. The molecule has 0 heterocycles. The molecule has 0 aromatic carbocycles. The van der Waals surface area contributed by atoms with Crippen LogP contribution < -0.4 is 0 Å². The van der Waals surface area contributed by atoms with Gasteiger partial charge in [0, 0.05) is 0 Å². The van der Waals surface area contributed by atoms with Gasteiger partial charge in [-0.15, -0.1) is 0 Å². The van der Waals surface area contributed by atoms with E-state index in [0.717, 1.165) is 0 Å². The van der Waals surface area contributed by atoms with E-state index >= 15 is 0 Å². The molecule has 5 heavy (non-hydrogen) atoms. The van der Waals surface area contributed by atoms with Gasteiger partial charge in [-0.2, -0.15) is 0 Å². The predicted octanol–water partition coefficient (Wildman–Crippen LogP) is -0.359. The van der Waals surface area contributed by atoms with Crippen LogP contribution in [0.1, 0.15) is 0 Å². The maximum absolute atomic E-state index is 0. The van der Waals surface area contributed by atoms with E-state index in [1.54, 1.807) is 0 Å². The van der Waals surface area contributed by atoms with Crippen molar-refractivity contribution in [1.29, 1.82) is 0 Å². The molecule has 0 N–H and O–H groups in total. The first kappa shape index (κ1) is 55.5. The van der Waals surface area contributed by atoms with E-state index in [1.165, 1.54) is 0 Å². The average Bonchev–Trinajstić information content (AvgIpc) is 0. The Balaban J connectivity index is 0. The van der Waals surface area contributed by atoms with Crippen molar-refractivity contribution in [2.24, 2.45) is 0 Å². The van der Waals surface area contributed by atoms with Crippen molar-refractivity contribution >= 4 is 0 Å². The summed E-state index contributed by atoms with van der Waals surface area (Å²) in [5.74, 6) is 0. The summed E-state index contributed by atoms with van der Waals surface area (Å²) in [6.07, 6.45) is 0. The Hall–Kier alpha value is 2.27. The molecule has 0 aliphatic rings. The summed E-state index contributed by atoms with van der Waals surface area (Å²) in [5.41, 5.74) is 0. The van der Waals surface area contributed by atoms with Gasteiger partial charge in [0.25, 0.3) is 0 Å². The Morgan fingerprint density at radius 1 is 0.600 bits per heavy atom. The van der Waals surface area contributed by atoms with Crippen LogP contribution in [0.2, 0.25) is 0 Å². The van der Waals surface area contributed by atoms with Gasteiger partial charge in [-0.1, -0.05) is 0 Å². The Morgan fingerprint density at radius 2 is 0.600 bits per heavy atom. The molecule has 0 fully saturated rings. The Labute approximate surface area is 87.5 Å². The van der Waals surface area contributed by atoms with Gasteiger partial charge >= 0.3 is 72.8 Å². The third-order valence-electron chi connectivity index (χ3n) is 0. The SMILES string of the molecule is [O-2].[O-2].[O-2].[Sc+3].[Yb+3]. The first-order chi connectivity index (χ1) is 0. The van der Waals surface area contributed by atoms with Crippen LogP contribution in [0.5, 0.6) is 0 Å². The third-order valence-corrected chi connectivity index (χ3v) is 0. The zero-order valence-electron chi connectivity index (χ0n) is 2.07. The molecule has 5 heteroatoms.